The Kier molecular flexibility index (Phi) is 10.3. The van der Waals surface area contributed by atoms with Crippen LogP contribution in [0.3, 0.4) is 0 Å². The van der Waals surface area contributed by atoms with Crippen LogP contribution in [-0.2, 0) is 35.8 Å². The van der Waals surface area contributed by atoms with E-state index in [-0.39, 0.29) is 30.2 Å². The summed E-state index contributed by atoms with van der Waals surface area (Å²) in [5, 5.41) is 19.5. The van der Waals surface area contributed by atoms with Crippen molar-refractivity contribution in [2.75, 3.05) is 25.0 Å². The van der Waals surface area contributed by atoms with Crippen LogP contribution in [0.25, 0.3) is 0 Å². The first-order chi connectivity index (χ1) is 22.9. The number of benzene rings is 2. The Bertz CT molecular complexity index is 1780. The summed E-state index contributed by atoms with van der Waals surface area (Å²) in [4.78, 5) is 50.0. The maximum absolute atomic E-state index is 13.3. The zero-order valence-electron chi connectivity index (χ0n) is 26.8. The van der Waals surface area contributed by atoms with Crippen molar-refractivity contribution in [1.29, 1.82) is 0 Å². The average Bonchev–Trinajstić information content (AvgIpc) is 3.63. The van der Waals surface area contributed by atoms with Crippen molar-refractivity contribution in [3.8, 4) is 0 Å². The normalized spacial score (nSPS) is 19.4. The Labute approximate surface area is 278 Å². The SMILES string of the molecule is Cc1cc(C)c(S(=O)(=O)N[C@@H](CNC(=O)C2=NOC3(C2)CC(CNc2ccccn2)N(C(=O)OCc2ccccc2)C3)C(=O)O)c(C)c1. The van der Waals surface area contributed by atoms with E-state index in [2.05, 4.69) is 25.5 Å². The first-order valence-corrected chi connectivity index (χ1v) is 16.8. The predicted octanol–water partition coefficient (Wildman–Crippen LogP) is 2.89. The molecule has 1 aromatic heterocycles. The first-order valence-electron chi connectivity index (χ1n) is 15.3. The molecule has 5 rings (SSSR count). The highest BCUT2D eigenvalue weighted by Crippen LogP contribution is 2.38. The van der Waals surface area contributed by atoms with Crippen LogP contribution >= 0.6 is 0 Å². The number of carboxylic acid groups (broad SMARTS) is 1. The summed E-state index contributed by atoms with van der Waals surface area (Å²) in [5.74, 6) is -1.56. The van der Waals surface area contributed by atoms with Crippen molar-refractivity contribution in [2.24, 2.45) is 5.16 Å². The van der Waals surface area contributed by atoms with Crippen LogP contribution in [-0.4, -0.2) is 84.4 Å². The second-order valence-corrected chi connectivity index (χ2v) is 13.7. The molecular weight excluding hydrogens is 640 g/mol. The summed E-state index contributed by atoms with van der Waals surface area (Å²) < 4.78 is 34.2. The molecule has 1 fully saturated rings. The molecule has 2 aliphatic heterocycles. The van der Waals surface area contributed by atoms with E-state index in [1.165, 1.54) is 0 Å². The highest BCUT2D eigenvalue weighted by molar-refractivity contribution is 7.89. The number of pyridine rings is 1. The van der Waals surface area contributed by atoms with Gasteiger partial charge < -0.3 is 25.3 Å². The minimum atomic E-state index is -4.23. The molecule has 2 aliphatic rings. The van der Waals surface area contributed by atoms with Crippen molar-refractivity contribution >= 4 is 39.5 Å². The molecule has 2 unspecified atom stereocenters. The number of hydrogen-bond acceptors (Lipinski definition) is 10. The topological polar surface area (TPSA) is 189 Å². The van der Waals surface area contributed by atoms with Crippen molar-refractivity contribution in [3.63, 3.8) is 0 Å². The molecule has 3 heterocycles. The number of carboxylic acids is 1. The molecule has 0 aliphatic carbocycles. The number of sulfonamides is 1. The number of carbonyl (C=O) groups is 3. The molecule has 0 bridgehead atoms. The van der Waals surface area contributed by atoms with E-state index in [0.717, 1.165) is 11.1 Å². The van der Waals surface area contributed by atoms with E-state index in [0.29, 0.717) is 29.9 Å². The predicted molar refractivity (Wildman–Crippen MR) is 176 cm³/mol. The largest absolute Gasteiger partial charge is 0.480 e. The number of rotatable bonds is 12. The third-order valence-corrected chi connectivity index (χ3v) is 9.94. The number of hydrogen-bond donors (Lipinski definition) is 4. The summed E-state index contributed by atoms with van der Waals surface area (Å²) in [6.07, 6.45) is 1.45. The standard InChI is InChI=1S/C33H38N6O8S/c1-21-13-22(2)29(23(3)14-21)48(44,45)38-27(31(41)42)18-36-30(40)26-16-33(47-37-26)15-25(17-35-28-11-7-8-12-34-28)39(20-33)32(43)46-19-24-9-5-4-6-10-24/h4-14,25,27,38H,15-20H2,1-3H3,(H,34,35)(H,36,40)(H,41,42)/t25?,27-,33?/m0/s1. The second kappa shape index (κ2) is 14.4. The van der Waals surface area contributed by atoms with Gasteiger partial charge in [0.05, 0.1) is 17.5 Å². The zero-order chi connectivity index (χ0) is 34.5. The number of ether oxygens (including phenoxy) is 1. The monoisotopic (exact) mass is 678 g/mol. The quantitative estimate of drug-likeness (QED) is 0.222. The van der Waals surface area contributed by atoms with Crippen molar-refractivity contribution in [3.05, 3.63) is 89.1 Å². The van der Waals surface area contributed by atoms with Crippen molar-refractivity contribution in [2.45, 2.75) is 62.8 Å². The third-order valence-electron chi connectivity index (χ3n) is 8.17. The van der Waals surface area contributed by atoms with Gasteiger partial charge in [0, 0.05) is 32.1 Å². The molecule has 1 saturated heterocycles. The van der Waals surface area contributed by atoms with E-state index in [1.54, 1.807) is 49.2 Å². The number of aromatic nitrogens is 1. The van der Waals surface area contributed by atoms with Gasteiger partial charge in [0.25, 0.3) is 5.91 Å². The number of likely N-dealkylation sites (tertiary alicyclic amines) is 1. The Morgan fingerprint density at radius 3 is 2.46 bits per heavy atom. The number of aliphatic carboxylic acids is 1. The molecule has 0 radical (unpaired) electrons. The van der Waals surface area contributed by atoms with E-state index in [9.17, 15) is 27.9 Å². The number of nitrogens with one attached hydrogen (secondary N) is 3. The lowest BCUT2D eigenvalue weighted by Crippen LogP contribution is -2.49. The molecule has 4 N–H and O–H groups in total. The summed E-state index contributed by atoms with van der Waals surface area (Å²) in [5.41, 5.74) is 1.60. The lowest BCUT2D eigenvalue weighted by molar-refractivity contribution is -0.138. The van der Waals surface area contributed by atoms with Crippen LogP contribution < -0.4 is 15.4 Å². The molecule has 14 nitrogen and oxygen atoms in total. The van der Waals surface area contributed by atoms with Crippen molar-refractivity contribution in [1.82, 2.24) is 19.9 Å². The molecule has 3 atom stereocenters. The lowest BCUT2D eigenvalue weighted by Gasteiger charge is -2.24. The Hall–Kier alpha value is -5.02. The molecule has 15 heteroatoms. The fourth-order valence-electron chi connectivity index (χ4n) is 6.08. The average molecular weight is 679 g/mol. The second-order valence-electron chi connectivity index (χ2n) is 12.1. The van der Waals surface area contributed by atoms with Crippen LogP contribution in [0, 0.1) is 20.8 Å². The van der Waals surface area contributed by atoms with Gasteiger partial charge in [-0.15, -0.1) is 0 Å². The Morgan fingerprint density at radius 2 is 1.79 bits per heavy atom. The lowest BCUT2D eigenvalue weighted by atomic mass is 9.94. The Balaban J connectivity index is 1.22. The number of amides is 2. The number of aryl methyl sites for hydroxylation is 3. The fourth-order valence-corrected chi connectivity index (χ4v) is 7.72. The number of nitrogens with zero attached hydrogens (tertiary/aromatic N) is 3. The minimum absolute atomic E-state index is 0.0110. The minimum Gasteiger partial charge on any atom is -0.480 e. The zero-order valence-corrected chi connectivity index (χ0v) is 27.6. The molecule has 48 heavy (non-hydrogen) atoms. The van der Waals surface area contributed by atoms with Gasteiger partial charge in [-0.05, 0) is 49.6 Å². The molecule has 0 saturated carbocycles. The van der Waals surface area contributed by atoms with E-state index in [4.69, 9.17) is 9.57 Å². The number of oxime groups is 1. The van der Waals surface area contributed by atoms with Gasteiger partial charge in [-0.1, -0.05) is 59.3 Å². The van der Waals surface area contributed by atoms with E-state index >= 15 is 0 Å². The van der Waals surface area contributed by atoms with E-state index < -0.39 is 52.2 Å². The van der Waals surface area contributed by atoms with Gasteiger partial charge in [0.2, 0.25) is 10.0 Å². The van der Waals surface area contributed by atoms with Crippen LogP contribution in [0.1, 0.15) is 35.1 Å². The van der Waals surface area contributed by atoms with Gasteiger partial charge in [0.1, 0.15) is 24.2 Å². The van der Waals surface area contributed by atoms with Crippen LogP contribution in [0.15, 0.2) is 76.9 Å². The van der Waals surface area contributed by atoms with Crippen LogP contribution in [0.2, 0.25) is 0 Å². The molecule has 3 aromatic rings. The van der Waals surface area contributed by atoms with Crippen LogP contribution in [0.4, 0.5) is 10.6 Å². The highest BCUT2D eigenvalue weighted by Gasteiger charge is 2.52. The Morgan fingerprint density at radius 1 is 1.08 bits per heavy atom. The fraction of sp³-hybridized carbons (Fsp3) is 0.364. The molecule has 1 spiro atoms. The molecule has 2 amide bonds. The maximum atomic E-state index is 13.3. The third kappa shape index (κ3) is 8.09. The van der Waals surface area contributed by atoms with E-state index in [1.807, 2.05) is 43.3 Å². The van der Waals surface area contributed by atoms with Gasteiger partial charge in [-0.25, -0.2) is 18.2 Å². The first kappa shape index (κ1) is 34.3. The summed E-state index contributed by atoms with van der Waals surface area (Å²) in [7, 11) is -4.23. The van der Waals surface area contributed by atoms with Gasteiger partial charge in [-0.3, -0.25) is 14.5 Å². The molecular formula is C33H38N6O8S. The molecule has 254 valence electrons. The summed E-state index contributed by atoms with van der Waals surface area (Å²) in [6.45, 7) is 5.04. The highest BCUT2D eigenvalue weighted by atomic mass is 32.2. The van der Waals surface area contributed by atoms with Crippen LogP contribution in [0.5, 0.6) is 0 Å². The van der Waals surface area contributed by atoms with Gasteiger partial charge in [0.15, 0.2) is 5.60 Å². The smallest absolute Gasteiger partial charge is 0.410 e. The van der Waals surface area contributed by atoms with Crippen molar-refractivity contribution < 1.29 is 37.5 Å². The van der Waals surface area contributed by atoms with Gasteiger partial charge in [-0.2, -0.15) is 4.72 Å². The summed E-state index contributed by atoms with van der Waals surface area (Å²) >= 11 is 0. The number of carbonyl (C=O) groups excluding carboxylic acids is 2. The van der Waals surface area contributed by atoms with Gasteiger partial charge >= 0.3 is 12.1 Å². The number of anilines is 1. The summed E-state index contributed by atoms with van der Waals surface area (Å²) in [6, 6.07) is 16.0. The maximum Gasteiger partial charge on any atom is 0.410 e. The molecule has 2 aromatic carbocycles.